The fourth-order valence-corrected chi connectivity index (χ4v) is 2.59. The van der Waals surface area contributed by atoms with Gasteiger partial charge in [-0.25, -0.2) is 0 Å². The second kappa shape index (κ2) is 5.97. The summed E-state index contributed by atoms with van der Waals surface area (Å²) in [6.07, 6.45) is 4.82. The molecule has 0 aromatic heterocycles. The van der Waals surface area contributed by atoms with E-state index in [4.69, 9.17) is 5.73 Å². The fourth-order valence-electron chi connectivity index (χ4n) is 2.59. The molecule has 0 heterocycles. The average Bonchev–Trinajstić information content (AvgIpc) is 2.31. The van der Waals surface area contributed by atoms with E-state index >= 15 is 0 Å². The number of carbonyl (C=O) groups excluding carboxylic acids is 1. The smallest absolute Gasteiger partial charge is 0.136 e. The van der Waals surface area contributed by atoms with Gasteiger partial charge < -0.3 is 5.73 Å². The molecule has 2 rings (SSSR count). The molecule has 2 heteroatoms. The molecule has 0 saturated heterocycles. The van der Waals surface area contributed by atoms with Gasteiger partial charge in [0.1, 0.15) is 5.78 Å². The molecule has 17 heavy (non-hydrogen) atoms. The van der Waals surface area contributed by atoms with Crippen molar-refractivity contribution < 1.29 is 4.79 Å². The zero-order chi connectivity index (χ0) is 12.1. The molecule has 0 atom stereocenters. The predicted octanol–water partition coefficient (Wildman–Crippen LogP) is 2.56. The Morgan fingerprint density at radius 1 is 1.24 bits per heavy atom. The molecule has 0 amide bonds. The maximum atomic E-state index is 11.9. The Labute approximate surface area is 103 Å². The molecule has 0 radical (unpaired) electrons. The normalized spacial score (nSPS) is 23.1. The van der Waals surface area contributed by atoms with E-state index in [0.717, 1.165) is 32.2 Å². The molecular weight excluding hydrogens is 210 g/mol. The van der Waals surface area contributed by atoms with Crippen molar-refractivity contribution in [1.82, 2.24) is 0 Å². The molecule has 2 nitrogen and oxygen atoms in total. The maximum absolute atomic E-state index is 11.9. The van der Waals surface area contributed by atoms with E-state index in [-0.39, 0.29) is 0 Å². The summed E-state index contributed by atoms with van der Waals surface area (Å²) in [7, 11) is 0. The number of benzene rings is 1. The average molecular weight is 231 g/mol. The summed E-state index contributed by atoms with van der Waals surface area (Å²) in [5.74, 6) is 1.49. The molecule has 1 fully saturated rings. The number of nitrogens with two attached hydrogens (primary N) is 1. The van der Waals surface area contributed by atoms with Crippen LogP contribution in [0.2, 0.25) is 0 Å². The van der Waals surface area contributed by atoms with Crippen LogP contribution in [-0.4, -0.2) is 12.3 Å². The molecular formula is C15H21NO. The van der Waals surface area contributed by atoms with Crippen LogP contribution in [0.1, 0.15) is 31.2 Å². The lowest BCUT2D eigenvalue weighted by atomic mass is 9.70. The summed E-state index contributed by atoms with van der Waals surface area (Å²) in [4.78, 5) is 11.9. The molecule has 2 N–H and O–H groups in total. The number of carbonyl (C=O) groups is 1. The van der Waals surface area contributed by atoms with Gasteiger partial charge in [0.2, 0.25) is 0 Å². The van der Waals surface area contributed by atoms with E-state index in [1.54, 1.807) is 0 Å². The topological polar surface area (TPSA) is 43.1 Å². The van der Waals surface area contributed by atoms with Crippen LogP contribution in [0.4, 0.5) is 0 Å². The predicted molar refractivity (Wildman–Crippen MR) is 69.7 cm³/mol. The molecule has 1 aliphatic rings. The van der Waals surface area contributed by atoms with Crippen LogP contribution >= 0.6 is 0 Å². The standard InChI is InChI=1S/C15H21NO/c16-9-8-13-10-14(11-13)15(17)7-6-12-4-2-1-3-5-12/h1-5,13-14H,6-11,16H2/t13-,14+. The minimum Gasteiger partial charge on any atom is -0.330 e. The molecule has 1 saturated carbocycles. The monoisotopic (exact) mass is 231 g/mol. The third kappa shape index (κ3) is 3.40. The van der Waals surface area contributed by atoms with Crippen molar-refractivity contribution in [1.29, 1.82) is 0 Å². The van der Waals surface area contributed by atoms with Crippen molar-refractivity contribution in [2.24, 2.45) is 17.6 Å². The van der Waals surface area contributed by atoms with Crippen LogP contribution in [-0.2, 0) is 11.2 Å². The minimum atomic E-state index is 0.329. The van der Waals surface area contributed by atoms with Gasteiger partial charge >= 0.3 is 0 Å². The van der Waals surface area contributed by atoms with Crippen molar-refractivity contribution in [3.8, 4) is 0 Å². The van der Waals surface area contributed by atoms with Crippen molar-refractivity contribution >= 4 is 5.78 Å². The van der Waals surface area contributed by atoms with Crippen LogP contribution in [0.25, 0.3) is 0 Å². The highest BCUT2D eigenvalue weighted by Gasteiger charge is 2.32. The fraction of sp³-hybridized carbons (Fsp3) is 0.533. The van der Waals surface area contributed by atoms with Gasteiger partial charge in [0.05, 0.1) is 0 Å². The van der Waals surface area contributed by atoms with Crippen LogP contribution in [0.3, 0.4) is 0 Å². The Kier molecular flexibility index (Phi) is 4.32. The number of hydrogen-bond acceptors (Lipinski definition) is 2. The van der Waals surface area contributed by atoms with Gasteiger partial charge in [-0.3, -0.25) is 4.79 Å². The largest absolute Gasteiger partial charge is 0.330 e. The van der Waals surface area contributed by atoms with Gasteiger partial charge in [0, 0.05) is 12.3 Å². The van der Waals surface area contributed by atoms with E-state index < -0.39 is 0 Å². The van der Waals surface area contributed by atoms with E-state index in [1.807, 2.05) is 18.2 Å². The highest BCUT2D eigenvalue weighted by Crippen LogP contribution is 2.37. The number of hydrogen-bond donors (Lipinski definition) is 1. The first kappa shape index (κ1) is 12.3. The first-order chi connectivity index (χ1) is 8.29. The van der Waals surface area contributed by atoms with Crippen molar-refractivity contribution in [2.45, 2.75) is 32.1 Å². The van der Waals surface area contributed by atoms with Crippen LogP contribution < -0.4 is 5.73 Å². The van der Waals surface area contributed by atoms with Crippen molar-refractivity contribution in [3.63, 3.8) is 0 Å². The van der Waals surface area contributed by atoms with E-state index in [1.165, 1.54) is 5.56 Å². The number of ketones is 1. The highest BCUT2D eigenvalue weighted by molar-refractivity contribution is 5.82. The summed E-state index contributed by atoms with van der Waals surface area (Å²) in [6, 6.07) is 10.2. The van der Waals surface area contributed by atoms with E-state index in [0.29, 0.717) is 24.0 Å². The Morgan fingerprint density at radius 2 is 1.94 bits per heavy atom. The summed E-state index contributed by atoms with van der Waals surface area (Å²) >= 11 is 0. The first-order valence-corrected chi connectivity index (χ1v) is 6.56. The SMILES string of the molecule is NCC[C@H]1C[C@@H](C(=O)CCc2ccccc2)C1. The molecule has 0 spiro atoms. The zero-order valence-corrected chi connectivity index (χ0v) is 10.3. The van der Waals surface area contributed by atoms with Crippen LogP contribution in [0.15, 0.2) is 30.3 Å². The summed E-state index contributed by atoms with van der Waals surface area (Å²) in [5.41, 5.74) is 6.77. The third-order valence-corrected chi connectivity index (χ3v) is 3.77. The number of rotatable bonds is 6. The molecule has 1 aromatic carbocycles. The summed E-state index contributed by atoms with van der Waals surface area (Å²) in [6.45, 7) is 0.760. The maximum Gasteiger partial charge on any atom is 0.136 e. The molecule has 0 unspecified atom stereocenters. The molecule has 0 bridgehead atoms. The van der Waals surface area contributed by atoms with Gasteiger partial charge in [0.15, 0.2) is 0 Å². The lowest BCUT2D eigenvalue weighted by Gasteiger charge is -2.34. The van der Waals surface area contributed by atoms with Gasteiger partial charge in [-0.1, -0.05) is 30.3 Å². The molecule has 0 aliphatic heterocycles. The van der Waals surface area contributed by atoms with Gasteiger partial charge in [-0.05, 0) is 43.7 Å². The lowest BCUT2D eigenvalue weighted by molar-refractivity contribution is -0.126. The summed E-state index contributed by atoms with van der Waals surface area (Å²) < 4.78 is 0. The number of aryl methyl sites for hydroxylation is 1. The quantitative estimate of drug-likeness (QED) is 0.817. The number of Topliss-reactive ketones (excluding diaryl/α,β-unsaturated/α-hetero) is 1. The first-order valence-electron chi connectivity index (χ1n) is 6.56. The van der Waals surface area contributed by atoms with Crippen LogP contribution in [0.5, 0.6) is 0 Å². The summed E-state index contributed by atoms with van der Waals surface area (Å²) in [5, 5.41) is 0. The Bertz CT molecular complexity index is 354. The molecule has 1 aliphatic carbocycles. The van der Waals surface area contributed by atoms with Crippen molar-refractivity contribution in [2.75, 3.05) is 6.54 Å². The second-order valence-corrected chi connectivity index (χ2v) is 5.06. The lowest BCUT2D eigenvalue weighted by Crippen LogP contribution is -2.31. The third-order valence-electron chi connectivity index (χ3n) is 3.77. The Balaban J connectivity index is 1.69. The van der Waals surface area contributed by atoms with Crippen molar-refractivity contribution in [3.05, 3.63) is 35.9 Å². The molecule has 92 valence electrons. The van der Waals surface area contributed by atoms with Gasteiger partial charge in [-0.2, -0.15) is 0 Å². The van der Waals surface area contributed by atoms with Gasteiger partial charge in [0.25, 0.3) is 0 Å². The minimum absolute atomic E-state index is 0.329. The van der Waals surface area contributed by atoms with Gasteiger partial charge in [-0.15, -0.1) is 0 Å². The van der Waals surface area contributed by atoms with Crippen LogP contribution in [0, 0.1) is 11.8 Å². The van der Waals surface area contributed by atoms with E-state index in [2.05, 4.69) is 12.1 Å². The van der Waals surface area contributed by atoms with E-state index in [9.17, 15) is 4.79 Å². The Morgan fingerprint density at radius 3 is 2.59 bits per heavy atom. The molecule has 1 aromatic rings. The Hall–Kier alpha value is -1.15. The highest BCUT2D eigenvalue weighted by atomic mass is 16.1. The zero-order valence-electron chi connectivity index (χ0n) is 10.3. The second-order valence-electron chi connectivity index (χ2n) is 5.06.